The number of nitrogens with one attached hydrogen (secondary N) is 2. The number of nitrogens with zero attached hydrogens (tertiary/aromatic N) is 2. The molecule has 3 aromatic rings. The average Bonchev–Trinajstić information content (AvgIpc) is 3.22. The maximum absolute atomic E-state index is 12.8. The van der Waals surface area contributed by atoms with Gasteiger partial charge in [-0.15, -0.1) is 0 Å². The van der Waals surface area contributed by atoms with Crippen molar-refractivity contribution in [3.63, 3.8) is 0 Å². The van der Waals surface area contributed by atoms with E-state index < -0.39 is 5.91 Å². The lowest BCUT2D eigenvalue weighted by molar-refractivity contribution is -0.124. The van der Waals surface area contributed by atoms with Crippen LogP contribution in [0.15, 0.2) is 54.7 Å². The van der Waals surface area contributed by atoms with E-state index in [-0.39, 0.29) is 17.5 Å². The molecular weight excluding hydrogens is 384 g/mol. The van der Waals surface area contributed by atoms with Gasteiger partial charge in [0.2, 0.25) is 5.91 Å². The molecule has 0 saturated carbocycles. The van der Waals surface area contributed by atoms with E-state index in [1.54, 1.807) is 51.1 Å². The number of hydrogen-bond acceptors (Lipinski definition) is 5. The fourth-order valence-electron chi connectivity index (χ4n) is 2.79. The molecule has 2 aromatic carbocycles. The van der Waals surface area contributed by atoms with E-state index in [0.29, 0.717) is 17.1 Å². The fraction of sp³-hybridized carbons (Fsp3) is 0.227. The van der Waals surface area contributed by atoms with Crippen LogP contribution in [0.3, 0.4) is 0 Å². The van der Waals surface area contributed by atoms with Crippen LogP contribution >= 0.6 is 0 Å². The van der Waals surface area contributed by atoms with Crippen LogP contribution in [0.25, 0.3) is 16.8 Å². The highest BCUT2D eigenvalue weighted by Crippen LogP contribution is 2.33. The van der Waals surface area contributed by atoms with Crippen LogP contribution < -0.4 is 20.3 Å². The summed E-state index contributed by atoms with van der Waals surface area (Å²) in [6.45, 7) is 3.47. The molecule has 0 aliphatic heterocycles. The maximum atomic E-state index is 12.8. The highest BCUT2D eigenvalue weighted by molar-refractivity contribution is 6.00. The molecule has 0 atom stereocenters. The van der Waals surface area contributed by atoms with Crippen molar-refractivity contribution in [2.45, 2.75) is 13.8 Å². The Labute approximate surface area is 174 Å². The van der Waals surface area contributed by atoms with Crippen LogP contribution in [0.1, 0.15) is 24.3 Å². The van der Waals surface area contributed by atoms with Gasteiger partial charge in [0.05, 0.1) is 19.9 Å². The number of benzene rings is 2. The topological polar surface area (TPSA) is 94.5 Å². The molecule has 30 heavy (non-hydrogen) atoms. The predicted octanol–water partition coefficient (Wildman–Crippen LogP) is 2.97. The highest BCUT2D eigenvalue weighted by atomic mass is 16.5. The average molecular weight is 408 g/mol. The fourth-order valence-corrected chi connectivity index (χ4v) is 2.79. The largest absolute Gasteiger partial charge is 0.493 e. The van der Waals surface area contributed by atoms with Gasteiger partial charge in [-0.2, -0.15) is 5.10 Å². The predicted molar refractivity (Wildman–Crippen MR) is 113 cm³/mol. The zero-order chi connectivity index (χ0) is 21.7. The Balaban J connectivity index is 2.03. The Morgan fingerprint density at radius 2 is 1.67 bits per heavy atom. The second kappa shape index (κ2) is 9.13. The van der Waals surface area contributed by atoms with Gasteiger partial charge in [0.25, 0.3) is 5.91 Å². The molecule has 2 N–H and O–H groups in total. The molecule has 156 valence electrons. The van der Waals surface area contributed by atoms with Gasteiger partial charge in [0, 0.05) is 17.7 Å². The van der Waals surface area contributed by atoms with E-state index in [1.807, 2.05) is 36.4 Å². The number of rotatable bonds is 6. The number of methoxy groups -OCH3 is 2. The van der Waals surface area contributed by atoms with E-state index in [0.717, 1.165) is 11.3 Å². The molecule has 0 aliphatic rings. The Kier molecular flexibility index (Phi) is 6.36. The second-order valence-corrected chi connectivity index (χ2v) is 6.84. The Bertz CT molecular complexity index is 1040. The first-order chi connectivity index (χ1) is 14.4. The van der Waals surface area contributed by atoms with Gasteiger partial charge in [-0.25, -0.2) is 4.68 Å². The van der Waals surface area contributed by atoms with E-state index in [4.69, 9.17) is 9.47 Å². The van der Waals surface area contributed by atoms with E-state index >= 15 is 0 Å². The molecule has 0 saturated heterocycles. The van der Waals surface area contributed by atoms with Gasteiger partial charge >= 0.3 is 0 Å². The summed E-state index contributed by atoms with van der Waals surface area (Å²) in [7, 11) is 3.10. The van der Waals surface area contributed by atoms with Gasteiger partial charge in [-0.05, 0) is 29.8 Å². The summed E-state index contributed by atoms with van der Waals surface area (Å²) in [5.74, 6) is 0.0216. The molecular formula is C22H24N4O4. The number of carbonyl (C=O) groups is 2. The molecule has 0 spiro atoms. The minimum atomic E-state index is -0.525. The molecule has 3 rings (SSSR count). The monoisotopic (exact) mass is 408 g/mol. The number of aromatic nitrogens is 2. The Hall–Kier alpha value is -3.81. The number of amides is 2. The molecule has 0 bridgehead atoms. The number of ether oxygens (including phenoxy) is 2. The van der Waals surface area contributed by atoms with Crippen LogP contribution in [-0.4, -0.2) is 35.8 Å². The zero-order valence-electron chi connectivity index (χ0n) is 17.3. The standard InChI is InChI=1S/C22H24N4O4/c1-14(2)21(27)23-24-22(28)20-17(13-26(25-20)16-8-6-5-7-9-16)15-10-11-18(29-3)19(12-15)30-4/h5-14H,1-4H3,(H,23,27)(H,24,28). The third kappa shape index (κ3) is 4.43. The summed E-state index contributed by atoms with van der Waals surface area (Å²) in [5.41, 5.74) is 7.11. The third-order valence-corrected chi connectivity index (χ3v) is 4.47. The quantitative estimate of drug-likeness (QED) is 0.612. The van der Waals surface area contributed by atoms with Crippen LogP contribution in [0, 0.1) is 5.92 Å². The first-order valence-electron chi connectivity index (χ1n) is 9.42. The smallest absolute Gasteiger partial charge is 0.290 e. The van der Waals surface area contributed by atoms with Crippen molar-refractivity contribution in [2.24, 2.45) is 5.92 Å². The van der Waals surface area contributed by atoms with Crippen LogP contribution in [0.2, 0.25) is 0 Å². The van der Waals surface area contributed by atoms with E-state index in [1.165, 1.54) is 0 Å². The van der Waals surface area contributed by atoms with Crippen molar-refractivity contribution in [1.29, 1.82) is 0 Å². The molecule has 2 amide bonds. The van der Waals surface area contributed by atoms with Crippen molar-refractivity contribution < 1.29 is 19.1 Å². The van der Waals surface area contributed by atoms with E-state index in [9.17, 15) is 9.59 Å². The lowest BCUT2D eigenvalue weighted by Gasteiger charge is -2.10. The summed E-state index contributed by atoms with van der Waals surface area (Å²) in [5, 5.41) is 4.46. The number of para-hydroxylation sites is 1. The van der Waals surface area contributed by atoms with Crippen LogP contribution in [-0.2, 0) is 4.79 Å². The summed E-state index contributed by atoms with van der Waals surface area (Å²) in [6.07, 6.45) is 1.76. The van der Waals surface area contributed by atoms with Gasteiger partial charge in [-0.3, -0.25) is 20.4 Å². The van der Waals surface area contributed by atoms with Crippen molar-refractivity contribution in [2.75, 3.05) is 14.2 Å². The number of hydrazine groups is 1. The van der Waals surface area contributed by atoms with Gasteiger partial charge in [0.15, 0.2) is 17.2 Å². The number of hydrogen-bond donors (Lipinski definition) is 2. The molecule has 1 aromatic heterocycles. The van der Waals surface area contributed by atoms with Gasteiger partial charge < -0.3 is 9.47 Å². The highest BCUT2D eigenvalue weighted by Gasteiger charge is 2.21. The van der Waals surface area contributed by atoms with Gasteiger partial charge in [-0.1, -0.05) is 38.1 Å². The van der Waals surface area contributed by atoms with Crippen LogP contribution in [0.5, 0.6) is 11.5 Å². The van der Waals surface area contributed by atoms with E-state index in [2.05, 4.69) is 16.0 Å². The SMILES string of the molecule is COc1ccc(-c2cn(-c3ccccc3)nc2C(=O)NNC(=O)C(C)C)cc1OC. The molecule has 1 heterocycles. The summed E-state index contributed by atoms with van der Waals surface area (Å²) in [6, 6.07) is 14.8. The minimum absolute atomic E-state index is 0.162. The van der Waals surface area contributed by atoms with Crippen molar-refractivity contribution in [3.05, 3.63) is 60.4 Å². The number of carbonyl (C=O) groups excluding carboxylic acids is 2. The lowest BCUT2D eigenvalue weighted by Crippen LogP contribution is -2.43. The Morgan fingerprint density at radius 1 is 0.967 bits per heavy atom. The van der Waals surface area contributed by atoms with Crippen molar-refractivity contribution >= 4 is 11.8 Å². The first kappa shape index (κ1) is 20.9. The van der Waals surface area contributed by atoms with Crippen LogP contribution in [0.4, 0.5) is 0 Å². The minimum Gasteiger partial charge on any atom is -0.493 e. The maximum Gasteiger partial charge on any atom is 0.290 e. The molecule has 8 heteroatoms. The molecule has 0 fully saturated rings. The summed E-state index contributed by atoms with van der Waals surface area (Å²) in [4.78, 5) is 24.7. The van der Waals surface area contributed by atoms with Crippen molar-refractivity contribution in [3.8, 4) is 28.3 Å². The van der Waals surface area contributed by atoms with Crippen molar-refractivity contribution in [1.82, 2.24) is 20.6 Å². The third-order valence-electron chi connectivity index (χ3n) is 4.47. The first-order valence-corrected chi connectivity index (χ1v) is 9.42. The lowest BCUT2D eigenvalue weighted by atomic mass is 10.1. The van der Waals surface area contributed by atoms with Gasteiger partial charge in [0.1, 0.15) is 0 Å². The Morgan fingerprint density at radius 3 is 2.30 bits per heavy atom. The second-order valence-electron chi connectivity index (χ2n) is 6.84. The molecule has 8 nitrogen and oxygen atoms in total. The summed E-state index contributed by atoms with van der Waals surface area (Å²) >= 11 is 0. The molecule has 0 aliphatic carbocycles. The molecule has 0 radical (unpaired) electrons. The summed E-state index contributed by atoms with van der Waals surface area (Å²) < 4.78 is 12.3. The zero-order valence-corrected chi connectivity index (χ0v) is 17.3. The normalized spacial score (nSPS) is 10.6. The molecule has 0 unspecified atom stereocenters.